The summed E-state index contributed by atoms with van der Waals surface area (Å²) < 4.78 is 39.8. The average molecular weight is 298 g/mol. The third-order valence-electron chi connectivity index (χ3n) is 3.15. The first-order valence-electron chi connectivity index (χ1n) is 6.52. The Morgan fingerprint density at radius 2 is 2.10 bits per heavy atom. The molecule has 0 amide bonds. The maximum Gasteiger partial charge on any atom is 0.416 e. The maximum atomic E-state index is 12.7. The third-order valence-corrected chi connectivity index (χ3v) is 3.15. The number of nitrogens with zero attached hydrogens (tertiary/aromatic N) is 2. The molecule has 2 aromatic rings. The van der Waals surface area contributed by atoms with Crippen molar-refractivity contribution in [2.75, 3.05) is 18.4 Å². The highest BCUT2D eigenvalue weighted by Gasteiger charge is 2.30. The van der Waals surface area contributed by atoms with Gasteiger partial charge < -0.3 is 11.1 Å². The highest BCUT2D eigenvalue weighted by molar-refractivity contribution is 5.48. The van der Waals surface area contributed by atoms with Gasteiger partial charge in [-0.25, -0.2) is 0 Å². The summed E-state index contributed by atoms with van der Waals surface area (Å²) in [5, 5.41) is 7.25. The molecule has 0 aliphatic rings. The summed E-state index contributed by atoms with van der Waals surface area (Å²) in [5.74, 6) is 0. The van der Waals surface area contributed by atoms with Crippen LogP contribution < -0.4 is 11.1 Å². The molecule has 21 heavy (non-hydrogen) atoms. The number of anilines is 1. The second-order valence-electron chi connectivity index (χ2n) is 4.72. The molecule has 114 valence electrons. The van der Waals surface area contributed by atoms with Gasteiger partial charge in [0.25, 0.3) is 0 Å². The smallest absolute Gasteiger partial charge is 0.381 e. The largest absolute Gasteiger partial charge is 0.416 e. The van der Waals surface area contributed by atoms with E-state index in [2.05, 4.69) is 10.4 Å². The van der Waals surface area contributed by atoms with Gasteiger partial charge in [0.15, 0.2) is 0 Å². The van der Waals surface area contributed by atoms with E-state index in [-0.39, 0.29) is 0 Å². The van der Waals surface area contributed by atoms with Gasteiger partial charge in [0, 0.05) is 26.6 Å². The quantitative estimate of drug-likeness (QED) is 0.891. The standard InChI is InChI=1S/C14H17F3N4/c1-21-13(12(9-20-21)19-6-5-18)8-10-3-2-4-11(7-10)14(15,16)17/h2-4,7,9,19H,5-6,8,18H2,1H3. The first kappa shape index (κ1) is 15.4. The zero-order valence-electron chi connectivity index (χ0n) is 11.6. The second-order valence-corrected chi connectivity index (χ2v) is 4.72. The summed E-state index contributed by atoms with van der Waals surface area (Å²) in [5.41, 5.74) is 7.00. The Morgan fingerprint density at radius 1 is 1.33 bits per heavy atom. The monoisotopic (exact) mass is 298 g/mol. The number of benzene rings is 1. The molecule has 0 spiro atoms. The third kappa shape index (κ3) is 3.75. The van der Waals surface area contributed by atoms with Crippen LogP contribution in [0.15, 0.2) is 30.5 Å². The van der Waals surface area contributed by atoms with Crippen LogP contribution in [0, 0.1) is 0 Å². The van der Waals surface area contributed by atoms with Crippen LogP contribution in [-0.2, 0) is 19.6 Å². The normalized spacial score (nSPS) is 11.7. The summed E-state index contributed by atoms with van der Waals surface area (Å²) >= 11 is 0. The highest BCUT2D eigenvalue weighted by Crippen LogP contribution is 2.30. The average Bonchev–Trinajstić information content (AvgIpc) is 2.77. The van der Waals surface area contributed by atoms with Crippen LogP contribution in [0.5, 0.6) is 0 Å². The summed E-state index contributed by atoms with van der Waals surface area (Å²) in [4.78, 5) is 0. The van der Waals surface area contributed by atoms with Crippen LogP contribution >= 0.6 is 0 Å². The zero-order valence-corrected chi connectivity index (χ0v) is 11.6. The van der Waals surface area contributed by atoms with Crippen molar-refractivity contribution >= 4 is 5.69 Å². The lowest BCUT2D eigenvalue weighted by atomic mass is 10.1. The minimum absolute atomic E-state index is 0.368. The fourth-order valence-corrected chi connectivity index (χ4v) is 2.08. The molecule has 0 aliphatic carbocycles. The van der Waals surface area contributed by atoms with E-state index in [1.165, 1.54) is 12.1 Å². The van der Waals surface area contributed by atoms with Crippen molar-refractivity contribution in [2.45, 2.75) is 12.6 Å². The summed E-state index contributed by atoms with van der Waals surface area (Å²) in [6, 6.07) is 5.33. The van der Waals surface area contributed by atoms with Crippen molar-refractivity contribution in [3.8, 4) is 0 Å². The fraction of sp³-hybridized carbons (Fsp3) is 0.357. The molecule has 7 heteroatoms. The molecule has 0 unspecified atom stereocenters. The van der Waals surface area contributed by atoms with E-state index in [1.54, 1.807) is 24.0 Å². The lowest BCUT2D eigenvalue weighted by Crippen LogP contribution is -2.14. The molecular formula is C14H17F3N4. The molecule has 0 aliphatic heterocycles. The van der Waals surface area contributed by atoms with Crippen molar-refractivity contribution in [1.29, 1.82) is 0 Å². The molecule has 0 radical (unpaired) electrons. The van der Waals surface area contributed by atoms with E-state index in [4.69, 9.17) is 5.73 Å². The van der Waals surface area contributed by atoms with Crippen molar-refractivity contribution in [3.63, 3.8) is 0 Å². The van der Waals surface area contributed by atoms with Crippen molar-refractivity contribution in [1.82, 2.24) is 9.78 Å². The topological polar surface area (TPSA) is 55.9 Å². The van der Waals surface area contributed by atoms with Crippen molar-refractivity contribution < 1.29 is 13.2 Å². The van der Waals surface area contributed by atoms with Gasteiger partial charge in [-0.1, -0.05) is 18.2 Å². The number of alkyl halides is 3. The number of halogens is 3. The fourth-order valence-electron chi connectivity index (χ4n) is 2.08. The summed E-state index contributed by atoms with van der Waals surface area (Å²) in [6.45, 7) is 1.05. The zero-order chi connectivity index (χ0) is 15.5. The lowest BCUT2D eigenvalue weighted by molar-refractivity contribution is -0.137. The molecule has 0 fully saturated rings. The molecular weight excluding hydrogens is 281 g/mol. The molecule has 1 aromatic heterocycles. The molecule has 3 N–H and O–H groups in total. The van der Waals surface area contributed by atoms with E-state index in [1.807, 2.05) is 0 Å². The van der Waals surface area contributed by atoms with Gasteiger partial charge in [-0.15, -0.1) is 0 Å². The van der Waals surface area contributed by atoms with E-state index < -0.39 is 11.7 Å². The van der Waals surface area contributed by atoms with Gasteiger partial charge in [0.2, 0.25) is 0 Å². The molecule has 4 nitrogen and oxygen atoms in total. The number of hydrogen-bond acceptors (Lipinski definition) is 3. The second kappa shape index (κ2) is 6.17. The molecule has 2 rings (SSSR count). The van der Waals surface area contributed by atoms with Gasteiger partial charge in [-0.05, 0) is 11.6 Å². The predicted octanol–water partition coefficient (Wildman–Crippen LogP) is 2.40. The Bertz CT molecular complexity index is 605. The SMILES string of the molecule is Cn1ncc(NCCN)c1Cc1cccc(C(F)(F)F)c1. The first-order chi connectivity index (χ1) is 9.91. The molecule has 0 bridgehead atoms. The van der Waals surface area contributed by atoms with Gasteiger partial charge in [-0.3, -0.25) is 4.68 Å². The van der Waals surface area contributed by atoms with Crippen molar-refractivity contribution in [2.24, 2.45) is 12.8 Å². The maximum absolute atomic E-state index is 12.7. The first-order valence-corrected chi connectivity index (χ1v) is 6.52. The minimum Gasteiger partial charge on any atom is -0.381 e. The van der Waals surface area contributed by atoms with Crippen molar-refractivity contribution in [3.05, 3.63) is 47.3 Å². The van der Waals surface area contributed by atoms with Crippen LogP contribution in [0.3, 0.4) is 0 Å². The number of nitrogens with one attached hydrogen (secondary N) is 1. The number of rotatable bonds is 5. The number of aryl methyl sites for hydroxylation is 1. The van der Waals surface area contributed by atoms with Crippen LogP contribution in [0.25, 0.3) is 0 Å². The van der Waals surface area contributed by atoms with Crippen LogP contribution in [-0.4, -0.2) is 22.9 Å². The van der Waals surface area contributed by atoms with E-state index >= 15 is 0 Å². The van der Waals surface area contributed by atoms with Gasteiger partial charge in [-0.2, -0.15) is 18.3 Å². The Morgan fingerprint density at radius 3 is 2.76 bits per heavy atom. The lowest BCUT2D eigenvalue weighted by Gasteiger charge is -2.11. The predicted molar refractivity (Wildman–Crippen MR) is 75.0 cm³/mol. The number of aromatic nitrogens is 2. The summed E-state index contributed by atoms with van der Waals surface area (Å²) in [6.07, 6.45) is -2.31. The highest BCUT2D eigenvalue weighted by atomic mass is 19.4. The molecule has 0 atom stereocenters. The Balaban J connectivity index is 2.24. The molecule has 0 saturated heterocycles. The molecule has 1 heterocycles. The number of hydrogen-bond donors (Lipinski definition) is 2. The van der Waals surface area contributed by atoms with Crippen LogP contribution in [0.1, 0.15) is 16.8 Å². The summed E-state index contributed by atoms with van der Waals surface area (Å²) in [7, 11) is 1.76. The molecule has 0 saturated carbocycles. The van der Waals surface area contributed by atoms with Crippen LogP contribution in [0.4, 0.5) is 18.9 Å². The van der Waals surface area contributed by atoms with Gasteiger partial charge >= 0.3 is 6.18 Å². The minimum atomic E-state index is -4.33. The van der Waals surface area contributed by atoms with E-state index in [0.29, 0.717) is 25.1 Å². The van der Waals surface area contributed by atoms with Gasteiger partial charge in [0.1, 0.15) is 0 Å². The van der Waals surface area contributed by atoms with Crippen LogP contribution in [0.2, 0.25) is 0 Å². The Hall–Kier alpha value is -2.02. The Labute approximate surface area is 120 Å². The molecule has 1 aromatic carbocycles. The number of nitrogens with two attached hydrogens (primary N) is 1. The van der Waals surface area contributed by atoms with Gasteiger partial charge in [0.05, 0.1) is 23.1 Å². The Kier molecular flexibility index (Phi) is 4.52. The van der Waals surface area contributed by atoms with E-state index in [9.17, 15) is 13.2 Å². The van der Waals surface area contributed by atoms with E-state index in [0.717, 1.165) is 17.4 Å².